The van der Waals surface area contributed by atoms with Crippen LogP contribution < -0.4 is 16.4 Å². The van der Waals surface area contributed by atoms with Crippen LogP contribution >= 0.6 is 0 Å². The predicted octanol–water partition coefficient (Wildman–Crippen LogP) is -0.229. The molecule has 106 valence electrons. The number of likely N-dealkylation sites (N-methyl/N-ethyl adjacent to an activating group) is 2. The number of carbonyl (C=O) groups excluding carboxylic acids is 2. The molecule has 0 fully saturated rings. The number of ether oxygens (including phenoxy) is 1. The molecule has 4 N–H and O–H groups in total. The van der Waals surface area contributed by atoms with Crippen molar-refractivity contribution in [2.24, 2.45) is 5.73 Å². The van der Waals surface area contributed by atoms with Crippen molar-refractivity contribution in [3.05, 3.63) is 0 Å². The van der Waals surface area contributed by atoms with E-state index in [0.29, 0.717) is 25.9 Å². The first-order valence-electron chi connectivity index (χ1n) is 6.24. The first-order chi connectivity index (χ1) is 8.41. The highest BCUT2D eigenvalue weighted by molar-refractivity contribution is 5.80. The molecular formula is C12H25N3O3. The second kappa shape index (κ2) is 8.05. The van der Waals surface area contributed by atoms with Gasteiger partial charge in [-0.05, 0) is 47.2 Å². The second-order valence-corrected chi connectivity index (χ2v) is 4.44. The zero-order valence-corrected chi connectivity index (χ0v) is 11.7. The quantitative estimate of drug-likeness (QED) is 0.497. The van der Waals surface area contributed by atoms with E-state index in [1.165, 1.54) is 0 Å². The highest BCUT2D eigenvalue weighted by Crippen LogP contribution is 2.16. The summed E-state index contributed by atoms with van der Waals surface area (Å²) in [5.74, 6) is -0.646. The molecule has 2 atom stereocenters. The Hall–Kier alpha value is -1.14. The van der Waals surface area contributed by atoms with Crippen molar-refractivity contribution >= 4 is 11.9 Å². The third-order valence-corrected chi connectivity index (χ3v) is 3.14. The average molecular weight is 259 g/mol. The molecule has 18 heavy (non-hydrogen) atoms. The number of amides is 1. The zero-order valence-electron chi connectivity index (χ0n) is 11.7. The molecule has 0 spiro atoms. The lowest BCUT2D eigenvalue weighted by Crippen LogP contribution is -2.49. The molecule has 0 heterocycles. The Labute approximate surface area is 109 Å². The standard InChI is InChI=1S/C12H25N3O3/c1-5-18-11(17)12(2,15-4)8-6-7-9(14-3)10(13)16/h9,14-15H,5-8H2,1-4H3,(H2,13,16). The molecule has 6 nitrogen and oxygen atoms in total. The first kappa shape index (κ1) is 16.9. The van der Waals surface area contributed by atoms with Crippen molar-refractivity contribution < 1.29 is 14.3 Å². The fourth-order valence-electron chi connectivity index (χ4n) is 1.71. The van der Waals surface area contributed by atoms with Gasteiger partial charge in [-0.15, -0.1) is 0 Å². The second-order valence-electron chi connectivity index (χ2n) is 4.44. The maximum Gasteiger partial charge on any atom is 0.326 e. The van der Waals surface area contributed by atoms with E-state index in [1.54, 1.807) is 27.9 Å². The van der Waals surface area contributed by atoms with Crippen molar-refractivity contribution in [1.82, 2.24) is 10.6 Å². The molecule has 0 aliphatic carbocycles. The van der Waals surface area contributed by atoms with Crippen LogP contribution in [0.4, 0.5) is 0 Å². The topological polar surface area (TPSA) is 93.4 Å². The van der Waals surface area contributed by atoms with Gasteiger partial charge in [0.1, 0.15) is 5.54 Å². The Balaban J connectivity index is 4.30. The predicted molar refractivity (Wildman–Crippen MR) is 70.0 cm³/mol. The SMILES string of the molecule is CCOC(=O)C(C)(CCCC(NC)C(N)=O)NC. The molecule has 0 saturated carbocycles. The molecular weight excluding hydrogens is 234 g/mol. The Morgan fingerprint density at radius 3 is 2.39 bits per heavy atom. The van der Waals surface area contributed by atoms with Crippen LogP contribution in [-0.4, -0.2) is 44.2 Å². The molecule has 0 rings (SSSR count). The van der Waals surface area contributed by atoms with Gasteiger partial charge in [0.25, 0.3) is 0 Å². The molecule has 2 unspecified atom stereocenters. The molecule has 1 amide bonds. The van der Waals surface area contributed by atoms with E-state index in [-0.39, 0.29) is 17.9 Å². The van der Waals surface area contributed by atoms with Crippen molar-refractivity contribution in [2.45, 2.75) is 44.7 Å². The molecule has 6 heteroatoms. The minimum Gasteiger partial charge on any atom is -0.465 e. The van der Waals surface area contributed by atoms with Gasteiger partial charge in [0.2, 0.25) is 5.91 Å². The van der Waals surface area contributed by atoms with Gasteiger partial charge in [-0.1, -0.05) is 0 Å². The Morgan fingerprint density at radius 1 is 1.39 bits per heavy atom. The first-order valence-corrected chi connectivity index (χ1v) is 6.24. The lowest BCUT2D eigenvalue weighted by Gasteiger charge is -2.27. The largest absolute Gasteiger partial charge is 0.465 e. The van der Waals surface area contributed by atoms with Crippen LogP contribution in [0.25, 0.3) is 0 Å². The maximum absolute atomic E-state index is 11.8. The van der Waals surface area contributed by atoms with Crippen LogP contribution in [0.3, 0.4) is 0 Å². The van der Waals surface area contributed by atoms with E-state index < -0.39 is 5.54 Å². The Morgan fingerprint density at radius 2 is 2.00 bits per heavy atom. The zero-order chi connectivity index (χ0) is 14.2. The molecule has 0 aliphatic rings. The van der Waals surface area contributed by atoms with Gasteiger partial charge >= 0.3 is 5.97 Å². The van der Waals surface area contributed by atoms with Crippen LogP contribution in [0.15, 0.2) is 0 Å². The summed E-state index contributed by atoms with van der Waals surface area (Å²) in [6.45, 7) is 3.93. The highest BCUT2D eigenvalue weighted by Gasteiger charge is 2.32. The minimum absolute atomic E-state index is 0.271. The lowest BCUT2D eigenvalue weighted by atomic mass is 9.93. The van der Waals surface area contributed by atoms with Gasteiger partial charge in [-0.2, -0.15) is 0 Å². The summed E-state index contributed by atoms with van der Waals surface area (Å²) in [4.78, 5) is 22.8. The number of hydrogen-bond acceptors (Lipinski definition) is 5. The smallest absolute Gasteiger partial charge is 0.326 e. The highest BCUT2D eigenvalue weighted by atomic mass is 16.5. The molecule has 0 saturated heterocycles. The normalized spacial score (nSPS) is 15.8. The van der Waals surface area contributed by atoms with Gasteiger partial charge in [-0.25, -0.2) is 0 Å². The summed E-state index contributed by atoms with van der Waals surface area (Å²) >= 11 is 0. The summed E-state index contributed by atoms with van der Waals surface area (Å²) in [6.07, 6.45) is 1.89. The summed E-state index contributed by atoms with van der Waals surface area (Å²) in [5.41, 5.74) is 4.51. The minimum atomic E-state index is -0.716. The van der Waals surface area contributed by atoms with Gasteiger partial charge < -0.3 is 21.1 Å². The van der Waals surface area contributed by atoms with Crippen molar-refractivity contribution in [1.29, 1.82) is 0 Å². The van der Waals surface area contributed by atoms with E-state index in [0.717, 1.165) is 0 Å². The number of carbonyl (C=O) groups is 2. The van der Waals surface area contributed by atoms with E-state index in [4.69, 9.17) is 10.5 Å². The third-order valence-electron chi connectivity index (χ3n) is 3.14. The summed E-state index contributed by atoms with van der Waals surface area (Å²) in [6, 6.07) is -0.353. The van der Waals surface area contributed by atoms with Gasteiger partial charge in [0, 0.05) is 0 Å². The number of hydrogen-bond donors (Lipinski definition) is 3. The van der Waals surface area contributed by atoms with Crippen LogP contribution in [0, 0.1) is 0 Å². The van der Waals surface area contributed by atoms with Gasteiger partial charge in [0.15, 0.2) is 0 Å². The maximum atomic E-state index is 11.8. The summed E-state index contributed by atoms with van der Waals surface area (Å²) < 4.78 is 5.02. The molecule has 0 radical (unpaired) electrons. The van der Waals surface area contributed by atoms with E-state index >= 15 is 0 Å². The third kappa shape index (κ3) is 5.01. The summed E-state index contributed by atoms with van der Waals surface area (Å²) in [5, 5.41) is 5.82. The van der Waals surface area contributed by atoms with Crippen LogP contribution in [0.5, 0.6) is 0 Å². The van der Waals surface area contributed by atoms with Crippen LogP contribution in [0.2, 0.25) is 0 Å². The van der Waals surface area contributed by atoms with Gasteiger partial charge in [-0.3, -0.25) is 9.59 Å². The number of esters is 1. The van der Waals surface area contributed by atoms with Crippen molar-refractivity contribution in [3.8, 4) is 0 Å². The fraction of sp³-hybridized carbons (Fsp3) is 0.833. The lowest BCUT2D eigenvalue weighted by molar-refractivity contribution is -0.150. The summed E-state index contributed by atoms with van der Waals surface area (Å²) in [7, 11) is 3.42. The number of nitrogens with one attached hydrogen (secondary N) is 2. The van der Waals surface area contributed by atoms with Crippen molar-refractivity contribution in [2.75, 3.05) is 20.7 Å². The van der Waals surface area contributed by atoms with Crippen molar-refractivity contribution in [3.63, 3.8) is 0 Å². The van der Waals surface area contributed by atoms with Gasteiger partial charge in [0.05, 0.1) is 12.6 Å². The van der Waals surface area contributed by atoms with E-state index in [2.05, 4.69) is 10.6 Å². The number of nitrogens with two attached hydrogens (primary N) is 1. The Kier molecular flexibility index (Phi) is 7.54. The number of rotatable bonds is 9. The van der Waals surface area contributed by atoms with Crippen LogP contribution in [0.1, 0.15) is 33.1 Å². The monoisotopic (exact) mass is 259 g/mol. The van der Waals surface area contributed by atoms with E-state index in [9.17, 15) is 9.59 Å². The fourth-order valence-corrected chi connectivity index (χ4v) is 1.71. The van der Waals surface area contributed by atoms with E-state index in [1.807, 2.05) is 0 Å². The molecule has 0 aromatic rings. The average Bonchev–Trinajstić information content (AvgIpc) is 2.34. The number of primary amides is 1. The molecule has 0 bridgehead atoms. The Bertz CT molecular complexity index is 284. The molecule has 0 aliphatic heterocycles. The molecule has 0 aromatic heterocycles. The molecule has 0 aromatic carbocycles. The van der Waals surface area contributed by atoms with Crippen LogP contribution in [-0.2, 0) is 14.3 Å².